The predicted octanol–water partition coefficient (Wildman–Crippen LogP) is 4.07. The lowest BCUT2D eigenvalue weighted by Crippen LogP contribution is -2.29. The smallest absolute Gasteiger partial charge is 0.125 e. The van der Waals surface area contributed by atoms with Crippen molar-refractivity contribution in [3.8, 4) is 5.75 Å². The van der Waals surface area contributed by atoms with E-state index in [0.29, 0.717) is 11.5 Å². The zero-order chi connectivity index (χ0) is 14.7. The molecule has 1 aromatic rings. The number of benzene rings is 1. The van der Waals surface area contributed by atoms with Gasteiger partial charge in [-0.25, -0.2) is 0 Å². The van der Waals surface area contributed by atoms with E-state index >= 15 is 0 Å². The molecule has 1 aromatic carbocycles. The summed E-state index contributed by atoms with van der Waals surface area (Å²) in [5.41, 5.74) is 1.79. The van der Waals surface area contributed by atoms with Crippen molar-refractivity contribution in [1.29, 1.82) is 0 Å². The van der Waals surface area contributed by atoms with E-state index in [4.69, 9.17) is 9.47 Å². The molecule has 1 saturated carbocycles. The Kier molecular flexibility index (Phi) is 4.87. The highest BCUT2D eigenvalue weighted by Gasteiger charge is 2.42. The summed E-state index contributed by atoms with van der Waals surface area (Å²) < 4.78 is 12.2. The number of hydrogen-bond donors (Lipinski definition) is 1. The minimum atomic E-state index is 0.413. The van der Waals surface area contributed by atoms with E-state index in [1.807, 2.05) is 0 Å². The summed E-state index contributed by atoms with van der Waals surface area (Å²) in [5.74, 6) is 1.03. The number of rotatable bonds is 6. The summed E-state index contributed by atoms with van der Waals surface area (Å²) in [6.45, 7) is 2.78. The lowest BCUT2D eigenvalue weighted by molar-refractivity contribution is 0.170. The van der Waals surface area contributed by atoms with E-state index in [-0.39, 0.29) is 0 Å². The molecule has 1 heterocycles. The first-order valence-corrected chi connectivity index (χ1v) is 8.66. The highest BCUT2D eigenvalue weighted by Crippen LogP contribution is 2.48. The van der Waals surface area contributed by atoms with Crippen LogP contribution in [0.25, 0.3) is 0 Å². The fraction of sp³-hybridized carbons (Fsp3) is 0.647. The number of methoxy groups -OCH3 is 1. The van der Waals surface area contributed by atoms with E-state index in [9.17, 15) is 0 Å². The molecule has 21 heavy (non-hydrogen) atoms. The zero-order valence-electron chi connectivity index (χ0n) is 12.7. The molecular formula is C17H24BrNO2. The lowest BCUT2D eigenvalue weighted by Gasteiger charge is -2.22. The second-order valence-electron chi connectivity index (χ2n) is 6.35. The van der Waals surface area contributed by atoms with Crippen LogP contribution in [-0.4, -0.2) is 26.9 Å². The second-order valence-corrected chi connectivity index (χ2v) is 7.26. The Hall–Kier alpha value is -0.580. The van der Waals surface area contributed by atoms with Gasteiger partial charge in [0.25, 0.3) is 0 Å². The average molecular weight is 354 g/mol. The van der Waals surface area contributed by atoms with Crippen LogP contribution in [0.15, 0.2) is 22.7 Å². The maximum Gasteiger partial charge on any atom is 0.125 e. The van der Waals surface area contributed by atoms with Crippen LogP contribution in [0.4, 0.5) is 0 Å². The van der Waals surface area contributed by atoms with Gasteiger partial charge in [0.15, 0.2) is 0 Å². The van der Waals surface area contributed by atoms with Gasteiger partial charge in [0.2, 0.25) is 0 Å². The van der Waals surface area contributed by atoms with Crippen LogP contribution < -0.4 is 10.1 Å². The molecule has 3 rings (SSSR count). The van der Waals surface area contributed by atoms with Crippen molar-refractivity contribution in [3.05, 3.63) is 28.2 Å². The molecule has 1 aliphatic heterocycles. The van der Waals surface area contributed by atoms with Crippen LogP contribution in [-0.2, 0) is 4.74 Å². The van der Waals surface area contributed by atoms with Crippen LogP contribution >= 0.6 is 15.9 Å². The topological polar surface area (TPSA) is 30.5 Å². The molecule has 0 amide bonds. The lowest BCUT2D eigenvalue weighted by atomic mass is 9.98. The van der Waals surface area contributed by atoms with Gasteiger partial charge in [0, 0.05) is 36.3 Å². The van der Waals surface area contributed by atoms with Crippen molar-refractivity contribution in [2.75, 3.05) is 26.9 Å². The van der Waals surface area contributed by atoms with Gasteiger partial charge in [-0.2, -0.15) is 0 Å². The number of halogens is 1. The highest BCUT2D eigenvalue weighted by molar-refractivity contribution is 9.10. The Morgan fingerprint density at radius 2 is 2.29 bits per heavy atom. The summed E-state index contributed by atoms with van der Waals surface area (Å²) >= 11 is 3.53. The van der Waals surface area contributed by atoms with Crippen LogP contribution in [0.1, 0.15) is 43.7 Å². The van der Waals surface area contributed by atoms with Gasteiger partial charge >= 0.3 is 0 Å². The van der Waals surface area contributed by atoms with E-state index in [1.54, 1.807) is 7.11 Å². The van der Waals surface area contributed by atoms with Crippen molar-refractivity contribution >= 4 is 15.9 Å². The highest BCUT2D eigenvalue weighted by atomic mass is 79.9. The van der Waals surface area contributed by atoms with Gasteiger partial charge < -0.3 is 14.8 Å². The van der Waals surface area contributed by atoms with E-state index < -0.39 is 0 Å². The Bertz CT molecular complexity index is 488. The summed E-state index contributed by atoms with van der Waals surface area (Å²) in [4.78, 5) is 0. The summed E-state index contributed by atoms with van der Waals surface area (Å²) in [5, 5.41) is 3.80. The second kappa shape index (κ2) is 6.67. The van der Waals surface area contributed by atoms with Crippen molar-refractivity contribution in [2.24, 2.45) is 5.41 Å². The monoisotopic (exact) mass is 353 g/mol. The molecule has 2 aliphatic rings. The predicted molar refractivity (Wildman–Crippen MR) is 87.8 cm³/mol. The fourth-order valence-electron chi connectivity index (χ4n) is 3.11. The number of nitrogens with one attached hydrogen (secondary N) is 1. The van der Waals surface area contributed by atoms with Crippen molar-refractivity contribution in [2.45, 2.75) is 38.1 Å². The molecule has 0 bridgehead atoms. The minimum Gasteiger partial charge on any atom is -0.493 e. The average Bonchev–Trinajstić information content (AvgIpc) is 3.27. The number of fused-ring (bicyclic) bond motifs is 1. The molecule has 1 N–H and O–H groups in total. The summed E-state index contributed by atoms with van der Waals surface area (Å²) in [6, 6.07) is 6.81. The van der Waals surface area contributed by atoms with Crippen molar-refractivity contribution in [1.82, 2.24) is 5.32 Å². The SMILES string of the molecule is COCCC1(CNC2CCCOc3cc(Br)ccc32)CC1. The molecule has 1 aliphatic carbocycles. The fourth-order valence-corrected chi connectivity index (χ4v) is 3.45. The standard InChI is InChI=1S/C17H24BrNO2/c1-20-10-8-17(6-7-17)12-19-15-3-2-9-21-16-11-13(18)4-5-14(15)16/h4-5,11,15,19H,2-3,6-10,12H2,1H3. The van der Waals surface area contributed by atoms with E-state index in [1.165, 1.54) is 24.8 Å². The van der Waals surface area contributed by atoms with Gasteiger partial charge in [-0.05, 0) is 49.7 Å². The van der Waals surface area contributed by atoms with Gasteiger partial charge in [-0.15, -0.1) is 0 Å². The molecule has 1 atom stereocenters. The summed E-state index contributed by atoms with van der Waals surface area (Å²) in [6.07, 6.45) is 6.09. The Labute approximate surface area is 135 Å². The Morgan fingerprint density at radius 1 is 1.43 bits per heavy atom. The molecule has 0 saturated heterocycles. The van der Waals surface area contributed by atoms with Gasteiger partial charge in [-0.1, -0.05) is 22.0 Å². The first-order valence-electron chi connectivity index (χ1n) is 7.87. The Morgan fingerprint density at radius 3 is 3.05 bits per heavy atom. The molecule has 0 radical (unpaired) electrons. The van der Waals surface area contributed by atoms with Crippen LogP contribution in [0.2, 0.25) is 0 Å². The third-order valence-electron chi connectivity index (χ3n) is 4.76. The van der Waals surface area contributed by atoms with E-state index in [0.717, 1.165) is 42.8 Å². The van der Waals surface area contributed by atoms with Gasteiger partial charge in [0.1, 0.15) is 5.75 Å². The first-order chi connectivity index (χ1) is 10.2. The van der Waals surface area contributed by atoms with Crippen LogP contribution in [0.5, 0.6) is 5.75 Å². The maximum absolute atomic E-state index is 5.88. The zero-order valence-corrected chi connectivity index (χ0v) is 14.2. The quantitative estimate of drug-likeness (QED) is 0.835. The van der Waals surface area contributed by atoms with Crippen LogP contribution in [0, 0.1) is 5.41 Å². The Balaban J connectivity index is 1.66. The molecule has 3 nitrogen and oxygen atoms in total. The summed E-state index contributed by atoms with van der Waals surface area (Å²) in [7, 11) is 1.79. The molecule has 4 heteroatoms. The molecular weight excluding hydrogens is 330 g/mol. The maximum atomic E-state index is 5.88. The van der Waals surface area contributed by atoms with Gasteiger partial charge in [-0.3, -0.25) is 0 Å². The normalized spacial score (nSPS) is 23.0. The number of hydrogen-bond acceptors (Lipinski definition) is 3. The van der Waals surface area contributed by atoms with E-state index in [2.05, 4.69) is 39.4 Å². The third-order valence-corrected chi connectivity index (χ3v) is 5.26. The van der Waals surface area contributed by atoms with Crippen LogP contribution in [0.3, 0.4) is 0 Å². The van der Waals surface area contributed by atoms with Gasteiger partial charge in [0.05, 0.1) is 6.61 Å². The minimum absolute atomic E-state index is 0.413. The molecule has 1 unspecified atom stereocenters. The molecule has 116 valence electrons. The van der Waals surface area contributed by atoms with Crippen molar-refractivity contribution in [3.63, 3.8) is 0 Å². The molecule has 1 fully saturated rings. The third kappa shape index (κ3) is 3.79. The van der Waals surface area contributed by atoms with Crippen molar-refractivity contribution < 1.29 is 9.47 Å². The first kappa shape index (κ1) is 15.3. The molecule has 0 aromatic heterocycles. The molecule has 0 spiro atoms. The largest absolute Gasteiger partial charge is 0.493 e. The number of ether oxygens (including phenoxy) is 2.